The van der Waals surface area contributed by atoms with Crippen molar-refractivity contribution in [2.45, 2.75) is 27.1 Å². The Labute approximate surface area is 208 Å². The number of carboxylic acid groups (broad SMARTS) is 1. The van der Waals surface area contributed by atoms with E-state index in [1.807, 2.05) is 24.3 Å². The second-order valence-electron chi connectivity index (χ2n) is 7.55. The average Bonchev–Trinajstić information content (AvgIpc) is 2.82. The predicted molar refractivity (Wildman–Crippen MR) is 135 cm³/mol. The lowest BCUT2D eigenvalue weighted by atomic mass is 9.95. The standard InChI is InChI=1S/C17H18O3.C10H11BrO3/c1-12-6-4-5-7-15(12)16-9-8-13(17(18)20-3)10-14(16)11-19-2;1-6-7(10(12)13)3-4-9(11)8(6)5-14-2/h4-10H,11H2,1-3H3;3-4H,5H2,1-2H3,(H,12,13). The molecule has 0 aliphatic rings. The molecule has 0 unspecified atom stereocenters. The molecule has 0 saturated carbocycles. The van der Waals surface area contributed by atoms with Crippen LogP contribution < -0.4 is 0 Å². The summed E-state index contributed by atoms with van der Waals surface area (Å²) in [5.74, 6) is -1.24. The zero-order valence-corrected chi connectivity index (χ0v) is 21.6. The molecule has 0 atom stereocenters. The number of halogens is 1. The maximum absolute atomic E-state index is 11.6. The molecule has 0 amide bonds. The first kappa shape index (κ1) is 27.2. The molecule has 7 heteroatoms. The highest BCUT2D eigenvalue weighted by atomic mass is 79.9. The van der Waals surface area contributed by atoms with E-state index in [1.165, 1.54) is 12.7 Å². The van der Waals surface area contributed by atoms with Gasteiger partial charge in [-0.15, -0.1) is 0 Å². The van der Waals surface area contributed by atoms with Crippen molar-refractivity contribution >= 4 is 27.9 Å². The summed E-state index contributed by atoms with van der Waals surface area (Å²) in [6.07, 6.45) is 0. The van der Waals surface area contributed by atoms with E-state index in [0.29, 0.717) is 24.3 Å². The van der Waals surface area contributed by atoms with Crippen LogP contribution in [0.15, 0.2) is 59.1 Å². The lowest BCUT2D eigenvalue weighted by molar-refractivity contribution is 0.0599. The smallest absolute Gasteiger partial charge is 0.337 e. The van der Waals surface area contributed by atoms with Gasteiger partial charge in [-0.3, -0.25) is 0 Å². The normalized spacial score (nSPS) is 10.3. The van der Waals surface area contributed by atoms with Crippen molar-refractivity contribution in [1.29, 1.82) is 0 Å². The van der Waals surface area contributed by atoms with Crippen LogP contribution in [-0.4, -0.2) is 38.4 Å². The maximum atomic E-state index is 11.6. The van der Waals surface area contributed by atoms with Crippen LogP contribution in [0.5, 0.6) is 0 Å². The molecule has 180 valence electrons. The zero-order valence-electron chi connectivity index (χ0n) is 20.0. The first-order valence-electron chi connectivity index (χ1n) is 10.5. The van der Waals surface area contributed by atoms with Crippen molar-refractivity contribution in [1.82, 2.24) is 0 Å². The molecule has 0 radical (unpaired) electrons. The van der Waals surface area contributed by atoms with Crippen LogP contribution in [0.2, 0.25) is 0 Å². The molecule has 0 fully saturated rings. The van der Waals surface area contributed by atoms with Gasteiger partial charge in [-0.05, 0) is 71.5 Å². The summed E-state index contributed by atoms with van der Waals surface area (Å²) >= 11 is 3.36. The van der Waals surface area contributed by atoms with E-state index in [0.717, 1.165) is 32.3 Å². The maximum Gasteiger partial charge on any atom is 0.337 e. The Hall–Kier alpha value is -3.00. The Bertz CT molecular complexity index is 1160. The summed E-state index contributed by atoms with van der Waals surface area (Å²) in [5, 5.41) is 8.89. The molecule has 0 saturated heterocycles. The SMILES string of the molecule is COCc1c(Br)ccc(C(=O)O)c1C.COCc1cc(C(=O)OC)ccc1-c1ccccc1C. The fraction of sp³-hybridized carbons (Fsp3) is 0.259. The van der Waals surface area contributed by atoms with E-state index < -0.39 is 5.97 Å². The minimum Gasteiger partial charge on any atom is -0.478 e. The van der Waals surface area contributed by atoms with Crippen LogP contribution in [0.3, 0.4) is 0 Å². The number of hydrogen-bond acceptors (Lipinski definition) is 5. The van der Waals surface area contributed by atoms with E-state index in [1.54, 1.807) is 39.3 Å². The molecule has 0 bridgehead atoms. The first-order chi connectivity index (χ1) is 16.2. The monoisotopic (exact) mass is 528 g/mol. The van der Waals surface area contributed by atoms with Gasteiger partial charge in [-0.25, -0.2) is 9.59 Å². The second kappa shape index (κ2) is 13.0. The second-order valence-corrected chi connectivity index (χ2v) is 8.40. The summed E-state index contributed by atoms with van der Waals surface area (Å²) in [6.45, 7) is 4.71. The summed E-state index contributed by atoms with van der Waals surface area (Å²) in [4.78, 5) is 22.5. The Morgan fingerprint density at radius 2 is 1.56 bits per heavy atom. The lowest BCUT2D eigenvalue weighted by Gasteiger charge is -2.13. The largest absolute Gasteiger partial charge is 0.478 e. The van der Waals surface area contributed by atoms with Crippen molar-refractivity contribution in [3.8, 4) is 11.1 Å². The van der Waals surface area contributed by atoms with E-state index in [4.69, 9.17) is 19.3 Å². The minimum atomic E-state index is -0.910. The van der Waals surface area contributed by atoms with Gasteiger partial charge in [0.25, 0.3) is 0 Å². The molecule has 3 rings (SSSR count). The lowest BCUT2D eigenvalue weighted by Crippen LogP contribution is -2.04. The fourth-order valence-electron chi connectivity index (χ4n) is 3.53. The van der Waals surface area contributed by atoms with Crippen molar-refractivity contribution in [3.05, 3.63) is 92.5 Å². The Morgan fingerprint density at radius 3 is 2.15 bits per heavy atom. The Balaban J connectivity index is 0.000000257. The molecule has 3 aromatic carbocycles. The van der Waals surface area contributed by atoms with E-state index in [9.17, 15) is 9.59 Å². The van der Waals surface area contributed by atoms with Gasteiger partial charge in [0.1, 0.15) is 0 Å². The van der Waals surface area contributed by atoms with Crippen LogP contribution in [0.4, 0.5) is 0 Å². The molecular weight excluding hydrogens is 500 g/mol. The Morgan fingerprint density at radius 1 is 0.882 bits per heavy atom. The quantitative estimate of drug-likeness (QED) is 0.367. The van der Waals surface area contributed by atoms with Crippen molar-refractivity contribution in [2.24, 2.45) is 0 Å². The number of aromatic carboxylic acids is 1. The molecule has 0 aromatic heterocycles. The van der Waals surface area contributed by atoms with Gasteiger partial charge in [0, 0.05) is 18.7 Å². The van der Waals surface area contributed by atoms with Gasteiger partial charge >= 0.3 is 11.9 Å². The predicted octanol–water partition coefficient (Wildman–Crippen LogP) is 6.20. The molecule has 1 N–H and O–H groups in total. The van der Waals surface area contributed by atoms with Crippen LogP contribution >= 0.6 is 15.9 Å². The van der Waals surface area contributed by atoms with E-state index >= 15 is 0 Å². The summed E-state index contributed by atoms with van der Waals surface area (Å²) in [5.41, 5.74) is 6.88. The van der Waals surface area contributed by atoms with Crippen molar-refractivity contribution in [3.63, 3.8) is 0 Å². The third kappa shape index (κ3) is 6.76. The third-order valence-corrected chi connectivity index (χ3v) is 6.06. The third-order valence-electron chi connectivity index (χ3n) is 5.32. The number of carbonyl (C=O) groups is 2. The fourth-order valence-corrected chi connectivity index (χ4v) is 4.07. The van der Waals surface area contributed by atoms with Gasteiger partial charge in [-0.2, -0.15) is 0 Å². The first-order valence-corrected chi connectivity index (χ1v) is 11.3. The molecule has 0 aliphatic carbocycles. The van der Waals surface area contributed by atoms with Crippen LogP contribution in [0.25, 0.3) is 11.1 Å². The van der Waals surface area contributed by atoms with Gasteiger partial charge in [0.2, 0.25) is 0 Å². The number of ether oxygens (including phenoxy) is 3. The molecule has 34 heavy (non-hydrogen) atoms. The van der Waals surface area contributed by atoms with Crippen molar-refractivity contribution < 1.29 is 28.9 Å². The highest BCUT2D eigenvalue weighted by molar-refractivity contribution is 9.10. The van der Waals surface area contributed by atoms with E-state index in [2.05, 4.69) is 35.0 Å². The molecule has 0 aliphatic heterocycles. The molecule has 0 spiro atoms. The summed E-state index contributed by atoms with van der Waals surface area (Å²) in [6, 6.07) is 17.0. The summed E-state index contributed by atoms with van der Waals surface area (Å²) < 4.78 is 15.9. The minimum absolute atomic E-state index is 0.320. The molecule has 6 nitrogen and oxygen atoms in total. The van der Waals surface area contributed by atoms with Crippen LogP contribution in [-0.2, 0) is 27.4 Å². The number of methoxy groups -OCH3 is 3. The number of hydrogen-bond donors (Lipinski definition) is 1. The van der Waals surface area contributed by atoms with Crippen molar-refractivity contribution in [2.75, 3.05) is 21.3 Å². The average molecular weight is 529 g/mol. The van der Waals surface area contributed by atoms with Crippen LogP contribution in [0.1, 0.15) is 43.0 Å². The highest BCUT2D eigenvalue weighted by Gasteiger charge is 2.13. The number of benzene rings is 3. The van der Waals surface area contributed by atoms with E-state index in [-0.39, 0.29) is 5.97 Å². The number of esters is 1. The zero-order chi connectivity index (χ0) is 25.3. The molecule has 3 aromatic rings. The van der Waals surface area contributed by atoms with Gasteiger partial charge in [0.15, 0.2) is 0 Å². The highest BCUT2D eigenvalue weighted by Crippen LogP contribution is 2.28. The van der Waals surface area contributed by atoms with Gasteiger partial charge < -0.3 is 19.3 Å². The number of rotatable bonds is 7. The topological polar surface area (TPSA) is 82.1 Å². The number of carbonyl (C=O) groups excluding carboxylic acids is 1. The van der Waals surface area contributed by atoms with Crippen LogP contribution in [0, 0.1) is 13.8 Å². The molecular formula is C27H29BrO6. The van der Waals surface area contributed by atoms with Gasteiger partial charge in [0.05, 0.1) is 31.5 Å². The number of carboxylic acids is 1. The molecule has 0 heterocycles. The summed E-state index contributed by atoms with van der Waals surface area (Å²) in [7, 11) is 4.61. The van der Waals surface area contributed by atoms with Gasteiger partial charge in [-0.1, -0.05) is 46.3 Å². The number of aryl methyl sites for hydroxylation is 1. The Kier molecular flexibility index (Phi) is 10.4.